The maximum Gasteiger partial charge on any atom is 0.191 e. The molecule has 2 N–H and O–H groups in total. The largest absolute Gasteiger partial charge is 0.330 e. The van der Waals surface area contributed by atoms with E-state index in [1.807, 2.05) is 17.5 Å². The highest BCUT2D eigenvalue weighted by atomic mass is 35.5. The van der Waals surface area contributed by atoms with E-state index in [1.54, 1.807) is 35.8 Å². The van der Waals surface area contributed by atoms with Gasteiger partial charge in [-0.05, 0) is 41.9 Å². The van der Waals surface area contributed by atoms with Crippen LogP contribution in [0.5, 0.6) is 0 Å². The van der Waals surface area contributed by atoms with Crippen LogP contribution in [0.1, 0.15) is 4.88 Å². The number of rotatable bonds is 3. The summed E-state index contributed by atoms with van der Waals surface area (Å²) in [5.41, 5.74) is 3.39. The quantitative estimate of drug-likeness (QED) is 0.498. The number of hydrogen-bond acceptors (Lipinski definition) is 3. The maximum absolute atomic E-state index is 6.02. The van der Waals surface area contributed by atoms with Gasteiger partial charge in [-0.15, -0.1) is 11.3 Å². The monoisotopic (exact) mass is 329 g/mol. The zero-order valence-electron chi connectivity index (χ0n) is 9.56. The normalized spacial score (nSPS) is 10.6. The fourth-order valence-electron chi connectivity index (χ4n) is 1.26. The van der Waals surface area contributed by atoms with Gasteiger partial charge < -0.3 is 5.32 Å². The van der Waals surface area contributed by atoms with Crippen molar-refractivity contribution in [2.24, 2.45) is 5.10 Å². The second-order valence-electron chi connectivity index (χ2n) is 3.46. The van der Waals surface area contributed by atoms with E-state index in [0.29, 0.717) is 20.8 Å². The van der Waals surface area contributed by atoms with Crippen molar-refractivity contribution in [3.05, 3.63) is 50.6 Å². The minimum absolute atomic E-state index is 0.358. The van der Waals surface area contributed by atoms with Gasteiger partial charge in [-0.25, -0.2) is 0 Å². The molecule has 2 rings (SSSR count). The SMILES string of the molecule is S=C(N/N=C\c1cccs1)Nc1ccc(Cl)cc1Cl. The highest BCUT2D eigenvalue weighted by Gasteiger charge is 2.02. The van der Waals surface area contributed by atoms with Crippen molar-refractivity contribution >= 4 is 63.8 Å². The third-order valence-corrected chi connectivity index (χ3v) is 3.63. The summed E-state index contributed by atoms with van der Waals surface area (Å²) in [5, 5.41) is 10.4. The van der Waals surface area contributed by atoms with E-state index >= 15 is 0 Å². The van der Waals surface area contributed by atoms with Gasteiger partial charge in [0.15, 0.2) is 5.11 Å². The molecule has 1 heterocycles. The van der Waals surface area contributed by atoms with Gasteiger partial charge in [0.25, 0.3) is 0 Å². The molecule has 19 heavy (non-hydrogen) atoms. The predicted octanol–water partition coefficient (Wildman–Crippen LogP) is 4.38. The standard InChI is InChI=1S/C12H9Cl2N3S2/c13-8-3-4-11(10(14)6-8)16-12(18)17-15-7-9-2-1-5-19-9/h1-7H,(H2,16,17,18)/b15-7-. The number of hydrogen-bond donors (Lipinski definition) is 2. The number of hydrazone groups is 1. The molecule has 98 valence electrons. The lowest BCUT2D eigenvalue weighted by molar-refractivity contribution is 1.05. The molecular formula is C12H9Cl2N3S2. The summed E-state index contributed by atoms with van der Waals surface area (Å²) in [7, 11) is 0. The first kappa shape index (κ1) is 14.3. The predicted molar refractivity (Wildman–Crippen MR) is 87.7 cm³/mol. The van der Waals surface area contributed by atoms with E-state index in [2.05, 4.69) is 15.8 Å². The Hall–Kier alpha value is -1.14. The summed E-state index contributed by atoms with van der Waals surface area (Å²) >= 11 is 18.5. The van der Waals surface area contributed by atoms with E-state index in [9.17, 15) is 0 Å². The Balaban J connectivity index is 1.91. The zero-order chi connectivity index (χ0) is 13.7. The lowest BCUT2D eigenvalue weighted by Gasteiger charge is -2.08. The first-order valence-corrected chi connectivity index (χ1v) is 7.28. The topological polar surface area (TPSA) is 36.4 Å². The van der Waals surface area contributed by atoms with Gasteiger partial charge in [0.2, 0.25) is 0 Å². The lowest BCUT2D eigenvalue weighted by Crippen LogP contribution is -2.23. The Morgan fingerprint density at radius 3 is 2.84 bits per heavy atom. The second kappa shape index (κ2) is 6.86. The summed E-state index contributed by atoms with van der Waals surface area (Å²) in [6.07, 6.45) is 1.70. The van der Waals surface area contributed by atoms with Gasteiger partial charge in [-0.2, -0.15) is 5.10 Å². The molecule has 0 spiro atoms. The summed E-state index contributed by atoms with van der Waals surface area (Å²) < 4.78 is 0. The maximum atomic E-state index is 6.02. The van der Waals surface area contributed by atoms with Gasteiger partial charge >= 0.3 is 0 Å². The number of halogens is 2. The number of benzene rings is 1. The Morgan fingerprint density at radius 2 is 2.16 bits per heavy atom. The molecule has 0 aliphatic carbocycles. The summed E-state index contributed by atoms with van der Waals surface area (Å²) in [4.78, 5) is 1.04. The van der Waals surface area contributed by atoms with E-state index in [-0.39, 0.29) is 0 Å². The average molecular weight is 330 g/mol. The van der Waals surface area contributed by atoms with E-state index in [4.69, 9.17) is 35.4 Å². The molecule has 0 radical (unpaired) electrons. The Morgan fingerprint density at radius 1 is 1.32 bits per heavy atom. The van der Waals surface area contributed by atoms with E-state index < -0.39 is 0 Å². The second-order valence-corrected chi connectivity index (χ2v) is 5.69. The van der Waals surface area contributed by atoms with Crippen LogP contribution in [0.4, 0.5) is 5.69 Å². The minimum Gasteiger partial charge on any atom is -0.330 e. The molecule has 0 aliphatic heterocycles. The molecule has 0 unspecified atom stereocenters. The van der Waals surface area contributed by atoms with Crippen LogP contribution in [-0.4, -0.2) is 11.3 Å². The number of anilines is 1. The zero-order valence-corrected chi connectivity index (χ0v) is 12.7. The van der Waals surface area contributed by atoms with Gasteiger partial charge in [-0.1, -0.05) is 29.3 Å². The fraction of sp³-hybridized carbons (Fsp3) is 0. The third kappa shape index (κ3) is 4.47. The highest BCUT2D eigenvalue weighted by Crippen LogP contribution is 2.25. The Kier molecular flexibility index (Phi) is 5.15. The minimum atomic E-state index is 0.358. The van der Waals surface area contributed by atoms with Crippen LogP contribution in [0, 0.1) is 0 Å². The molecular weight excluding hydrogens is 321 g/mol. The molecule has 0 aliphatic rings. The smallest absolute Gasteiger partial charge is 0.191 e. The number of nitrogens with zero attached hydrogens (tertiary/aromatic N) is 1. The van der Waals surface area contributed by atoms with Crippen LogP contribution in [0.25, 0.3) is 0 Å². The van der Waals surface area contributed by atoms with E-state index in [1.165, 1.54) is 0 Å². The number of thiocarbonyl (C=S) groups is 1. The average Bonchev–Trinajstić information content (AvgIpc) is 2.86. The van der Waals surface area contributed by atoms with Crippen LogP contribution >= 0.6 is 46.8 Å². The molecule has 0 amide bonds. The summed E-state index contributed by atoms with van der Waals surface area (Å²) in [6, 6.07) is 9.04. The fourth-order valence-corrected chi connectivity index (χ4v) is 2.46. The van der Waals surface area contributed by atoms with Crippen molar-refractivity contribution in [1.82, 2.24) is 5.43 Å². The Labute approximate surface area is 130 Å². The van der Waals surface area contributed by atoms with Crippen molar-refractivity contribution in [2.75, 3.05) is 5.32 Å². The molecule has 3 nitrogen and oxygen atoms in total. The van der Waals surface area contributed by atoms with Gasteiger partial charge in [0, 0.05) is 9.90 Å². The van der Waals surface area contributed by atoms with Crippen molar-refractivity contribution < 1.29 is 0 Å². The molecule has 1 aromatic heterocycles. The van der Waals surface area contributed by atoms with E-state index in [0.717, 1.165) is 4.88 Å². The van der Waals surface area contributed by atoms with Crippen LogP contribution in [0.3, 0.4) is 0 Å². The highest BCUT2D eigenvalue weighted by molar-refractivity contribution is 7.80. The number of nitrogens with one attached hydrogen (secondary N) is 2. The Bertz CT molecular complexity index is 597. The van der Waals surface area contributed by atoms with Crippen molar-refractivity contribution in [1.29, 1.82) is 0 Å². The third-order valence-electron chi connectivity index (χ3n) is 2.08. The first-order valence-electron chi connectivity index (χ1n) is 5.24. The van der Waals surface area contributed by atoms with Crippen molar-refractivity contribution in [3.8, 4) is 0 Å². The summed E-state index contributed by atoms with van der Waals surface area (Å²) in [6.45, 7) is 0. The lowest BCUT2D eigenvalue weighted by atomic mass is 10.3. The van der Waals surface area contributed by atoms with Gasteiger partial charge in [-0.3, -0.25) is 5.43 Å². The van der Waals surface area contributed by atoms with Crippen molar-refractivity contribution in [2.45, 2.75) is 0 Å². The van der Waals surface area contributed by atoms with Crippen LogP contribution in [-0.2, 0) is 0 Å². The number of thiophene rings is 1. The molecule has 0 bridgehead atoms. The first-order chi connectivity index (χ1) is 9.15. The molecule has 2 aromatic rings. The molecule has 1 aromatic carbocycles. The van der Waals surface area contributed by atoms with Crippen LogP contribution in [0.15, 0.2) is 40.8 Å². The molecule has 7 heteroatoms. The van der Waals surface area contributed by atoms with Gasteiger partial charge in [0.1, 0.15) is 0 Å². The summed E-state index contributed by atoms with van der Waals surface area (Å²) in [5.74, 6) is 0. The molecule has 0 saturated heterocycles. The molecule has 0 atom stereocenters. The van der Waals surface area contributed by atoms with Crippen LogP contribution in [0.2, 0.25) is 10.0 Å². The van der Waals surface area contributed by atoms with Crippen LogP contribution < -0.4 is 10.7 Å². The molecule has 0 saturated carbocycles. The molecule has 0 fully saturated rings. The van der Waals surface area contributed by atoms with Gasteiger partial charge in [0.05, 0.1) is 16.9 Å². The van der Waals surface area contributed by atoms with Crippen molar-refractivity contribution in [3.63, 3.8) is 0 Å².